The van der Waals surface area contributed by atoms with Crippen molar-refractivity contribution in [1.29, 1.82) is 0 Å². The van der Waals surface area contributed by atoms with Crippen molar-refractivity contribution >= 4 is 5.65 Å². The second kappa shape index (κ2) is 4.71. The summed E-state index contributed by atoms with van der Waals surface area (Å²) in [5, 5.41) is 0. The molecule has 0 radical (unpaired) electrons. The normalized spacial score (nSPS) is 25.7. The zero-order chi connectivity index (χ0) is 12.5. The average molecular weight is 245 g/mol. The molecule has 4 heteroatoms. The summed E-state index contributed by atoms with van der Waals surface area (Å²) >= 11 is 0. The van der Waals surface area contributed by atoms with Crippen molar-refractivity contribution in [2.75, 3.05) is 13.1 Å². The van der Waals surface area contributed by atoms with Crippen LogP contribution in [0.2, 0.25) is 0 Å². The van der Waals surface area contributed by atoms with Crippen LogP contribution in [0.15, 0.2) is 30.6 Å². The summed E-state index contributed by atoms with van der Waals surface area (Å²) in [6, 6.07) is 6.08. The molecular formula is C14H19N3O. The molecule has 0 unspecified atom stereocenters. The van der Waals surface area contributed by atoms with Gasteiger partial charge in [-0.15, -0.1) is 0 Å². The lowest BCUT2D eigenvalue weighted by molar-refractivity contribution is -0.0707. The molecule has 0 aliphatic carbocycles. The smallest absolute Gasteiger partial charge is 0.137 e. The van der Waals surface area contributed by atoms with Crippen molar-refractivity contribution in [3.05, 3.63) is 36.3 Å². The first-order valence-electron chi connectivity index (χ1n) is 6.51. The Bertz CT molecular complexity index is 494. The Morgan fingerprint density at radius 3 is 2.78 bits per heavy atom. The highest BCUT2D eigenvalue weighted by Gasteiger charge is 2.22. The van der Waals surface area contributed by atoms with Gasteiger partial charge in [0.2, 0.25) is 0 Å². The summed E-state index contributed by atoms with van der Waals surface area (Å²) < 4.78 is 7.82. The van der Waals surface area contributed by atoms with E-state index in [9.17, 15) is 0 Å². The van der Waals surface area contributed by atoms with E-state index in [4.69, 9.17) is 4.74 Å². The summed E-state index contributed by atoms with van der Waals surface area (Å²) in [5.74, 6) is 0. The highest BCUT2D eigenvalue weighted by atomic mass is 16.5. The number of imidazole rings is 1. The van der Waals surface area contributed by atoms with E-state index in [-0.39, 0.29) is 0 Å². The Balaban J connectivity index is 1.75. The van der Waals surface area contributed by atoms with Crippen LogP contribution >= 0.6 is 0 Å². The summed E-state index contributed by atoms with van der Waals surface area (Å²) in [5.41, 5.74) is 2.14. The van der Waals surface area contributed by atoms with Gasteiger partial charge < -0.3 is 9.14 Å². The van der Waals surface area contributed by atoms with Crippen LogP contribution in [0.1, 0.15) is 19.5 Å². The SMILES string of the molecule is C[C@@H]1CN(Cc2cn3ccccc3n2)C[C@H](C)O1. The van der Waals surface area contributed by atoms with E-state index in [0.717, 1.165) is 31.0 Å². The van der Waals surface area contributed by atoms with Gasteiger partial charge in [0, 0.05) is 32.0 Å². The van der Waals surface area contributed by atoms with Crippen LogP contribution in [0.25, 0.3) is 5.65 Å². The molecule has 2 atom stereocenters. The van der Waals surface area contributed by atoms with Crippen LogP contribution in [0.4, 0.5) is 0 Å². The minimum atomic E-state index is 0.311. The minimum Gasteiger partial charge on any atom is -0.373 e. The second-order valence-electron chi connectivity index (χ2n) is 5.15. The van der Waals surface area contributed by atoms with Gasteiger partial charge in [0.05, 0.1) is 17.9 Å². The fourth-order valence-electron chi connectivity index (χ4n) is 2.71. The second-order valence-corrected chi connectivity index (χ2v) is 5.15. The van der Waals surface area contributed by atoms with Gasteiger partial charge in [-0.3, -0.25) is 4.90 Å². The molecule has 1 fully saturated rings. The van der Waals surface area contributed by atoms with Gasteiger partial charge in [-0.05, 0) is 26.0 Å². The van der Waals surface area contributed by atoms with Gasteiger partial charge in [-0.25, -0.2) is 4.98 Å². The third kappa shape index (κ3) is 2.40. The molecule has 0 aromatic carbocycles. The molecule has 2 aromatic heterocycles. The van der Waals surface area contributed by atoms with Crippen molar-refractivity contribution in [2.24, 2.45) is 0 Å². The summed E-state index contributed by atoms with van der Waals surface area (Å²) in [4.78, 5) is 7.05. The Morgan fingerprint density at radius 1 is 1.28 bits per heavy atom. The van der Waals surface area contributed by atoms with Gasteiger partial charge in [0.25, 0.3) is 0 Å². The zero-order valence-corrected chi connectivity index (χ0v) is 10.9. The zero-order valence-electron chi connectivity index (χ0n) is 10.9. The predicted octanol–water partition coefficient (Wildman–Crippen LogP) is 1.94. The van der Waals surface area contributed by atoms with Crippen molar-refractivity contribution in [1.82, 2.24) is 14.3 Å². The van der Waals surface area contributed by atoms with Crippen molar-refractivity contribution < 1.29 is 4.74 Å². The number of hydrogen-bond donors (Lipinski definition) is 0. The molecule has 1 aliphatic heterocycles. The number of ether oxygens (including phenoxy) is 1. The highest BCUT2D eigenvalue weighted by Crippen LogP contribution is 2.14. The van der Waals surface area contributed by atoms with Crippen LogP contribution < -0.4 is 0 Å². The van der Waals surface area contributed by atoms with Crippen LogP contribution in [-0.4, -0.2) is 39.6 Å². The number of rotatable bonds is 2. The maximum absolute atomic E-state index is 5.75. The molecule has 3 heterocycles. The molecule has 1 aliphatic rings. The Morgan fingerprint density at radius 2 is 2.06 bits per heavy atom. The molecule has 96 valence electrons. The van der Waals surface area contributed by atoms with Gasteiger partial charge >= 0.3 is 0 Å². The summed E-state index contributed by atoms with van der Waals surface area (Å²) in [6.07, 6.45) is 4.77. The fraction of sp³-hybridized carbons (Fsp3) is 0.500. The Kier molecular flexibility index (Phi) is 3.06. The van der Waals surface area contributed by atoms with E-state index < -0.39 is 0 Å². The molecule has 2 aromatic rings. The average Bonchev–Trinajstić information content (AvgIpc) is 2.69. The molecule has 1 saturated heterocycles. The molecule has 0 bridgehead atoms. The van der Waals surface area contributed by atoms with Crippen LogP contribution in [0, 0.1) is 0 Å². The summed E-state index contributed by atoms with van der Waals surface area (Å²) in [6.45, 7) is 7.13. The Hall–Kier alpha value is -1.39. The molecule has 0 N–H and O–H groups in total. The lowest BCUT2D eigenvalue weighted by Gasteiger charge is -2.34. The first-order valence-corrected chi connectivity index (χ1v) is 6.51. The molecule has 0 saturated carbocycles. The molecule has 0 amide bonds. The lowest BCUT2D eigenvalue weighted by atomic mass is 10.2. The molecular weight excluding hydrogens is 226 g/mol. The van der Waals surface area contributed by atoms with Crippen molar-refractivity contribution in [2.45, 2.75) is 32.6 Å². The van der Waals surface area contributed by atoms with E-state index in [1.807, 2.05) is 24.4 Å². The first kappa shape index (κ1) is 11.7. The van der Waals surface area contributed by atoms with Crippen molar-refractivity contribution in [3.63, 3.8) is 0 Å². The van der Waals surface area contributed by atoms with Crippen LogP contribution in [0.5, 0.6) is 0 Å². The quantitative estimate of drug-likeness (QED) is 0.810. The number of morpholine rings is 1. The number of hydrogen-bond acceptors (Lipinski definition) is 3. The van der Waals surface area contributed by atoms with Gasteiger partial charge in [0.15, 0.2) is 0 Å². The fourth-order valence-corrected chi connectivity index (χ4v) is 2.71. The third-order valence-corrected chi connectivity index (χ3v) is 3.29. The number of pyridine rings is 1. The number of fused-ring (bicyclic) bond motifs is 1. The standard InChI is InChI=1S/C14H19N3O/c1-11-7-16(8-12(2)18-11)9-13-10-17-6-4-3-5-14(17)15-13/h3-6,10-12H,7-9H2,1-2H3/t11-,12+. The van der Waals surface area contributed by atoms with Crippen LogP contribution in [-0.2, 0) is 11.3 Å². The van der Waals surface area contributed by atoms with Gasteiger partial charge in [-0.1, -0.05) is 6.07 Å². The monoisotopic (exact) mass is 245 g/mol. The number of aromatic nitrogens is 2. The maximum atomic E-state index is 5.75. The Labute approximate surface area is 107 Å². The highest BCUT2D eigenvalue weighted by molar-refractivity contribution is 5.39. The largest absolute Gasteiger partial charge is 0.373 e. The lowest BCUT2D eigenvalue weighted by Crippen LogP contribution is -2.44. The molecule has 0 spiro atoms. The third-order valence-electron chi connectivity index (χ3n) is 3.29. The van der Waals surface area contributed by atoms with E-state index in [2.05, 4.69) is 34.3 Å². The van der Waals surface area contributed by atoms with E-state index in [1.54, 1.807) is 0 Å². The van der Waals surface area contributed by atoms with Gasteiger partial charge in [0.1, 0.15) is 5.65 Å². The maximum Gasteiger partial charge on any atom is 0.137 e. The minimum absolute atomic E-state index is 0.311. The topological polar surface area (TPSA) is 29.8 Å². The van der Waals surface area contributed by atoms with Crippen LogP contribution in [0.3, 0.4) is 0 Å². The summed E-state index contributed by atoms with van der Waals surface area (Å²) in [7, 11) is 0. The van der Waals surface area contributed by atoms with E-state index >= 15 is 0 Å². The number of nitrogens with zero attached hydrogens (tertiary/aromatic N) is 3. The molecule has 3 rings (SSSR count). The van der Waals surface area contributed by atoms with E-state index in [0.29, 0.717) is 12.2 Å². The first-order chi connectivity index (χ1) is 8.70. The molecule has 18 heavy (non-hydrogen) atoms. The van der Waals surface area contributed by atoms with Crippen molar-refractivity contribution in [3.8, 4) is 0 Å². The van der Waals surface area contributed by atoms with Gasteiger partial charge in [-0.2, -0.15) is 0 Å². The van der Waals surface area contributed by atoms with E-state index in [1.165, 1.54) is 0 Å². The predicted molar refractivity (Wildman–Crippen MR) is 70.5 cm³/mol. The molecule has 4 nitrogen and oxygen atoms in total.